The Hall–Kier alpha value is -1.54. The summed E-state index contributed by atoms with van der Waals surface area (Å²) in [5, 5.41) is 1.23. The number of alkyl halides is 3. The molecular formula is C12H13F3O4S. The van der Waals surface area contributed by atoms with E-state index in [0.29, 0.717) is 0 Å². The van der Waals surface area contributed by atoms with Gasteiger partial charge in [-0.15, -0.1) is 13.2 Å². The highest BCUT2D eigenvalue weighted by Crippen LogP contribution is 2.33. The lowest BCUT2D eigenvalue weighted by molar-refractivity contribution is -0.274. The van der Waals surface area contributed by atoms with E-state index in [9.17, 15) is 17.4 Å². The summed E-state index contributed by atoms with van der Waals surface area (Å²) in [6.45, 7) is -0.133. The molecule has 1 aromatic carbocycles. The van der Waals surface area contributed by atoms with Gasteiger partial charge in [0.2, 0.25) is 0 Å². The molecule has 0 heterocycles. The monoisotopic (exact) mass is 310 g/mol. The van der Waals surface area contributed by atoms with Crippen LogP contribution in [0.4, 0.5) is 13.2 Å². The predicted molar refractivity (Wildman–Crippen MR) is 68.7 cm³/mol. The summed E-state index contributed by atoms with van der Waals surface area (Å²) in [4.78, 5) is 0. The molecule has 0 saturated carbocycles. The number of ether oxygens (including phenoxy) is 3. The molecule has 0 amide bonds. The SMILES string of the molecule is COCOc1cccc(OC(F)(F)F)c1/C=C/S(C)=O. The van der Waals surface area contributed by atoms with Crippen LogP contribution in [0.15, 0.2) is 23.6 Å². The summed E-state index contributed by atoms with van der Waals surface area (Å²) in [6.07, 6.45) is -2.19. The average Bonchev–Trinajstić information content (AvgIpc) is 2.33. The van der Waals surface area contributed by atoms with Gasteiger partial charge in [-0.3, -0.25) is 4.21 Å². The van der Waals surface area contributed by atoms with Crippen molar-refractivity contribution in [2.45, 2.75) is 6.36 Å². The van der Waals surface area contributed by atoms with Crippen LogP contribution in [0, 0.1) is 0 Å². The Morgan fingerprint density at radius 1 is 1.30 bits per heavy atom. The highest BCUT2D eigenvalue weighted by atomic mass is 32.2. The first kappa shape index (κ1) is 16.5. The van der Waals surface area contributed by atoms with Gasteiger partial charge < -0.3 is 14.2 Å². The van der Waals surface area contributed by atoms with Crippen LogP contribution >= 0.6 is 0 Å². The number of hydrogen-bond donors (Lipinski definition) is 0. The summed E-state index contributed by atoms with van der Waals surface area (Å²) >= 11 is 0. The minimum Gasteiger partial charge on any atom is -0.467 e. The molecule has 8 heteroatoms. The van der Waals surface area contributed by atoms with Crippen LogP contribution in [0.1, 0.15) is 5.56 Å². The number of hydrogen-bond acceptors (Lipinski definition) is 4. The van der Waals surface area contributed by atoms with Crippen LogP contribution in [0.2, 0.25) is 0 Å². The van der Waals surface area contributed by atoms with Crippen LogP contribution in [-0.2, 0) is 15.5 Å². The zero-order valence-corrected chi connectivity index (χ0v) is 11.6. The largest absolute Gasteiger partial charge is 0.573 e. The van der Waals surface area contributed by atoms with E-state index in [1.165, 1.54) is 37.0 Å². The van der Waals surface area contributed by atoms with Gasteiger partial charge in [0.25, 0.3) is 0 Å². The maximum atomic E-state index is 12.3. The second kappa shape index (κ2) is 7.30. The number of benzene rings is 1. The summed E-state index contributed by atoms with van der Waals surface area (Å²) in [6, 6.07) is 3.96. The van der Waals surface area contributed by atoms with E-state index in [1.807, 2.05) is 0 Å². The van der Waals surface area contributed by atoms with Crippen molar-refractivity contribution < 1.29 is 31.6 Å². The van der Waals surface area contributed by atoms with Gasteiger partial charge in [-0.25, -0.2) is 0 Å². The van der Waals surface area contributed by atoms with E-state index in [1.54, 1.807) is 0 Å². The standard InChI is InChI=1S/C12H13F3O4S/c1-17-8-18-10-4-3-5-11(19-12(13,14)15)9(10)6-7-20(2)16/h3-7H,8H2,1-2H3/b7-6+. The van der Waals surface area contributed by atoms with E-state index in [4.69, 9.17) is 9.47 Å². The Morgan fingerprint density at radius 3 is 2.50 bits per heavy atom. The van der Waals surface area contributed by atoms with E-state index in [0.717, 1.165) is 6.07 Å². The van der Waals surface area contributed by atoms with Crippen molar-refractivity contribution in [1.29, 1.82) is 0 Å². The smallest absolute Gasteiger partial charge is 0.467 e. The molecule has 0 saturated heterocycles. The van der Waals surface area contributed by atoms with Gasteiger partial charge in [0.15, 0.2) is 6.79 Å². The molecule has 0 N–H and O–H groups in total. The minimum atomic E-state index is -4.83. The quantitative estimate of drug-likeness (QED) is 0.758. The van der Waals surface area contributed by atoms with Gasteiger partial charge in [0.05, 0.1) is 5.56 Å². The van der Waals surface area contributed by atoms with Crippen molar-refractivity contribution >= 4 is 16.9 Å². The van der Waals surface area contributed by atoms with Gasteiger partial charge >= 0.3 is 6.36 Å². The van der Waals surface area contributed by atoms with Crippen LogP contribution < -0.4 is 9.47 Å². The number of methoxy groups -OCH3 is 1. The molecule has 1 atom stereocenters. The van der Waals surface area contributed by atoms with Crippen molar-refractivity contribution in [3.63, 3.8) is 0 Å². The lowest BCUT2D eigenvalue weighted by Gasteiger charge is -2.14. The Labute approximate surface area is 116 Å². The minimum absolute atomic E-state index is 0.0390. The molecule has 4 nitrogen and oxygen atoms in total. The van der Waals surface area contributed by atoms with E-state index in [-0.39, 0.29) is 18.1 Å². The first-order valence-corrected chi connectivity index (χ1v) is 6.96. The molecule has 0 aliphatic carbocycles. The van der Waals surface area contributed by atoms with Gasteiger partial charge in [0, 0.05) is 29.6 Å². The second-order valence-electron chi connectivity index (χ2n) is 3.57. The third kappa shape index (κ3) is 5.62. The second-order valence-corrected chi connectivity index (χ2v) is 4.84. The molecule has 0 aliphatic heterocycles. The molecule has 1 rings (SSSR count). The molecule has 1 aromatic rings. The van der Waals surface area contributed by atoms with Crippen molar-refractivity contribution in [3.8, 4) is 11.5 Å². The lowest BCUT2D eigenvalue weighted by Crippen LogP contribution is -2.18. The summed E-state index contributed by atoms with van der Waals surface area (Å²) < 4.78 is 61.8. The van der Waals surface area contributed by atoms with Crippen LogP contribution in [-0.4, -0.2) is 30.7 Å². The van der Waals surface area contributed by atoms with Gasteiger partial charge in [-0.1, -0.05) is 6.07 Å². The Morgan fingerprint density at radius 2 is 1.95 bits per heavy atom. The molecule has 0 radical (unpaired) electrons. The first-order valence-electron chi connectivity index (χ1n) is 5.34. The molecule has 0 bridgehead atoms. The highest BCUT2D eigenvalue weighted by Gasteiger charge is 2.32. The zero-order chi connectivity index (χ0) is 15.2. The van der Waals surface area contributed by atoms with Crippen LogP contribution in [0.3, 0.4) is 0 Å². The molecule has 0 aliphatic rings. The maximum absolute atomic E-state index is 12.3. The Bertz CT molecular complexity index is 500. The summed E-state index contributed by atoms with van der Waals surface area (Å²) in [5.41, 5.74) is 0.0390. The van der Waals surface area contributed by atoms with Crippen LogP contribution in [0.5, 0.6) is 11.5 Å². The van der Waals surface area contributed by atoms with Crippen molar-refractivity contribution in [3.05, 3.63) is 29.2 Å². The van der Waals surface area contributed by atoms with E-state index in [2.05, 4.69) is 4.74 Å². The molecule has 1 unspecified atom stereocenters. The summed E-state index contributed by atoms with van der Waals surface area (Å²) in [5.74, 6) is -0.303. The van der Waals surface area contributed by atoms with Crippen molar-refractivity contribution in [2.24, 2.45) is 0 Å². The Balaban J connectivity index is 3.17. The highest BCUT2D eigenvalue weighted by molar-refractivity contribution is 7.87. The maximum Gasteiger partial charge on any atom is 0.573 e. The number of rotatable bonds is 6. The fourth-order valence-corrected chi connectivity index (χ4v) is 1.64. The number of halogens is 3. The lowest BCUT2D eigenvalue weighted by atomic mass is 10.2. The first-order chi connectivity index (χ1) is 9.33. The third-order valence-electron chi connectivity index (χ3n) is 2.01. The van der Waals surface area contributed by atoms with Gasteiger partial charge in [-0.2, -0.15) is 0 Å². The molecule has 0 aromatic heterocycles. The van der Waals surface area contributed by atoms with Gasteiger partial charge in [0.1, 0.15) is 11.5 Å². The fourth-order valence-electron chi connectivity index (χ4n) is 1.31. The normalized spacial score (nSPS) is 13.4. The predicted octanol–water partition coefficient (Wildman–Crippen LogP) is 2.92. The van der Waals surface area contributed by atoms with Crippen molar-refractivity contribution in [1.82, 2.24) is 0 Å². The topological polar surface area (TPSA) is 44.8 Å². The van der Waals surface area contributed by atoms with E-state index >= 15 is 0 Å². The zero-order valence-electron chi connectivity index (χ0n) is 10.8. The molecule has 0 fully saturated rings. The average molecular weight is 310 g/mol. The molecule has 20 heavy (non-hydrogen) atoms. The molecule has 112 valence electrons. The van der Waals surface area contributed by atoms with Crippen molar-refractivity contribution in [2.75, 3.05) is 20.2 Å². The molecule has 0 spiro atoms. The summed E-state index contributed by atoms with van der Waals surface area (Å²) in [7, 11) is 0.0660. The fraction of sp³-hybridized carbons (Fsp3) is 0.333. The van der Waals surface area contributed by atoms with Gasteiger partial charge in [-0.05, 0) is 18.2 Å². The van der Waals surface area contributed by atoms with Crippen LogP contribution in [0.25, 0.3) is 6.08 Å². The Kier molecular flexibility index (Phi) is 6.03. The molecular weight excluding hydrogens is 297 g/mol. The van der Waals surface area contributed by atoms with E-state index < -0.39 is 22.9 Å². The third-order valence-corrected chi connectivity index (χ3v) is 2.53.